The van der Waals surface area contributed by atoms with E-state index in [0.717, 1.165) is 32.2 Å². The van der Waals surface area contributed by atoms with Crippen molar-refractivity contribution in [2.45, 2.75) is 64.1 Å². The van der Waals surface area contributed by atoms with E-state index in [1.807, 2.05) is 43.9 Å². The van der Waals surface area contributed by atoms with Gasteiger partial charge in [-0.3, -0.25) is 14.1 Å². The Labute approximate surface area is 171 Å². The third-order valence-electron chi connectivity index (χ3n) is 6.03. The van der Waals surface area contributed by atoms with Gasteiger partial charge >= 0.3 is 6.09 Å². The quantitative estimate of drug-likeness (QED) is 0.778. The Morgan fingerprint density at radius 3 is 2.69 bits per heavy atom. The molecule has 4 rings (SSSR count). The van der Waals surface area contributed by atoms with E-state index in [-0.39, 0.29) is 17.2 Å². The molecule has 1 aliphatic carbocycles. The molecule has 0 radical (unpaired) electrons. The van der Waals surface area contributed by atoms with Crippen molar-refractivity contribution in [2.75, 3.05) is 19.6 Å². The van der Waals surface area contributed by atoms with E-state index in [4.69, 9.17) is 4.74 Å². The number of fused-ring (bicyclic) bond motifs is 1. The maximum atomic E-state index is 12.9. The molecule has 3 heterocycles. The average molecular weight is 399 g/mol. The molecule has 2 aromatic rings. The topological polar surface area (TPSA) is 67.2 Å². The first kappa shape index (κ1) is 19.9. The molecular formula is C22H30N4O3. The Morgan fingerprint density at radius 1 is 1.21 bits per heavy atom. The zero-order valence-corrected chi connectivity index (χ0v) is 17.6. The van der Waals surface area contributed by atoms with E-state index >= 15 is 0 Å². The zero-order chi connectivity index (χ0) is 20.6. The summed E-state index contributed by atoms with van der Waals surface area (Å²) >= 11 is 0. The molecule has 29 heavy (non-hydrogen) atoms. The SMILES string of the molecule is CC(C)(C)OC(=O)N1CCN(Cc2cnc3ccccn3c2=O)C2(CCCC2)C1. The van der Waals surface area contributed by atoms with Crippen LogP contribution in [-0.2, 0) is 11.3 Å². The summed E-state index contributed by atoms with van der Waals surface area (Å²) in [5, 5.41) is 0. The van der Waals surface area contributed by atoms with Crippen LogP contribution in [-0.4, -0.2) is 56.1 Å². The van der Waals surface area contributed by atoms with Crippen molar-refractivity contribution in [3.63, 3.8) is 0 Å². The molecule has 156 valence electrons. The number of hydrogen-bond donors (Lipinski definition) is 0. The number of rotatable bonds is 2. The van der Waals surface area contributed by atoms with Gasteiger partial charge < -0.3 is 9.64 Å². The Kier molecular flexibility index (Phi) is 5.11. The number of hydrogen-bond acceptors (Lipinski definition) is 5. The van der Waals surface area contributed by atoms with E-state index in [0.29, 0.717) is 30.8 Å². The standard InChI is InChI=1S/C22H30N4O3/c1-21(2,3)29-20(28)24-12-13-25(22(16-24)9-5-6-10-22)15-17-14-23-18-8-4-7-11-26(18)19(17)27/h4,7-8,11,14H,5-6,9-10,12-13,15-16H2,1-3H3. The van der Waals surface area contributed by atoms with Crippen LogP contribution in [0.2, 0.25) is 0 Å². The second-order valence-corrected chi connectivity index (χ2v) is 9.27. The van der Waals surface area contributed by atoms with Crippen LogP contribution in [0.1, 0.15) is 52.0 Å². The molecule has 0 atom stereocenters. The Bertz CT molecular complexity index is 956. The zero-order valence-electron chi connectivity index (χ0n) is 17.6. The van der Waals surface area contributed by atoms with Crippen LogP contribution >= 0.6 is 0 Å². The lowest BCUT2D eigenvalue weighted by Crippen LogP contribution is -2.62. The van der Waals surface area contributed by atoms with Gasteiger partial charge in [-0.25, -0.2) is 9.78 Å². The van der Waals surface area contributed by atoms with Crippen LogP contribution in [0, 0.1) is 0 Å². The number of carbonyl (C=O) groups excluding carboxylic acids is 1. The predicted octanol–water partition coefficient (Wildman–Crippen LogP) is 3.06. The molecule has 1 amide bonds. The maximum Gasteiger partial charge on any atom is 0.410 e. The Balaban J connectivity index is 1.56. The van der Waals surface area contributed by atoms with E-state index in [2.05, 4.69) is 9.88 Å². The largest absolute Gasteiger partial charge is 0.444 e. The van der Waals surface area contributed by atoms with Gasteiger partial charge in [0.15, 0.2) is 0 Å². The third-order valence-corrected chi connectivity index (χ3v) is 6.03. The summed E-state index contributed by atoms with van der Waals surface area (Å²) in [6, 6.07) is 5.56. The second-order valence-electron chi connectivity index (χ2n) is 9.27. The molecule has 0 N–H and O–H groups in total. The highest BCUT2D eigenvalue weighted by molar-refractivity contribution is 5.68. The summed E-state index contributed by atoms with van der Waals surface area (Å²) in [6.45, 7) is 8.25. The van der Waals surface area contributed by atoms with Crippen molar-refractivity contribution in [1.82, 2.24) is 19.2 Å². The fourth-order valence-electron chi connectivity index (χ4n) is 4.63. The number of amides is 1. The van der Waals surface area contributed by atoms with E-state index in [1.165, 1.54) is 0 Å². The minimum atomic E-state index is -0.498. The average Bonchev–Trinajstić information content (AvgIpc) is 3.13. The summed E-state index contributed by atoms with van der Waals surface area (Å²) < 4.78 is 7.21. The molecule has 1 saturated carbocycles. The number of piperazine rings is 1. The van der Waals surface area contributed by atoms with Crippen molar-refractivity contribution < 1.29 is 9.53 Å². The molecule has 2 aliphatic rings. The van der Waals surface area contributed by atoms with Crippen LogP contribution in [0.15, 0.2) is 35.4 Å². The van der Waals surface area contributed by atoms with Gasteiger partial charge in [-0.1, -0.05) is 18.9 Å². The minimum absolute atomic E-state index is 0.0154. The lowest BCUT2D eigenvalue weighted by atomic mass is 9.91. The molecule has 2 aromatic heterocycles. The van der Waals surface area contributed by atoms with Gasteiger partial charge in [-0.2, -0.15) is 0 Å². The number of aromatic nitrogens is 2. The van der Waals surface area contributed by atoms with Crippen molar-refractivity contribution in [3.8, 4) is 0 Å². The summed E-state index contributed by atoms with van der Waals surface area (Å²) in [4.78, 5) is 34.3. The van der Waals surface area contributed by atoms with Gasteiger partial charge in [0.2, 0.25) is 0 Å². The van der Waals surface area contributed by atoms with Crippen molar-refractivity contribution >= 4 is 11.7 Å². The van der Waals surface area contributed by atoms with Gasteiger partial charge in [0, 0.05) is 44.1 Å². The molecule has 1 aliphatic heterocycles. The van der Waals surface area contributed by atoms with Crippen LogP contribution in [0.4, 0.5) is 4.79 Å². The maximum absolute atomic E-state index is 12.9. The van der Waals surface area contributed by atoms with Gasteiger partial charge in [0.05, 0.1) is 5.56 Å². The smallest absolute Gasteiger partial charge is 0.410 e. The number of pyridine rings is 1. The molecule has 0 bridgehead atoms. The third kappa shape index (κ3) is 4.01. The Morgan fingerprint density at radius 2 is 1.97 bits per heavy atom. The number of nitrogens with zero attached hydrogens (tertiary/aromatic N) is 4. The summed E-state index contributed by atoms with van der Waals surface area (Å²) in [6.07, 6.45) is 7.60. The van der Waals surface area contributed by atoms with Crippen molar-refractivity contribution in [2.24, 2.45) is 0 Å². The molecule has 0 unspecified atom stereocenters. The van der Waals surface area contributed by atoms with Crippen LogP contribution in [0.25, 0.3) is 5.65 Å². The molecule has 1 saturated heterocycles. The monoisotopic (exact) mass is 398 g/mol. The molecule has 7 nitrogen and oxygen atoms in total. The molecule has 7 heteroatoms. The van der Waals surface area contributed by atoms with Crippen LogP contribution < -0.4 is 5.56 Å². The van der Waals surface area contributed by atoms with E-state index < -0.39 is 5.60 Å². The highest BCUT2D eigenvalue weighted by Crippen LogP contribution is 2.39. The Hall–Kier alpha value is -2.41. The van der Waals surface area contributed by atoms with E-state index in [1.54, 1.807) is 16.8 Å². The van der Waals surface area contributed by atoms with Crippen LogP contribution in [0.3, 0.4) is 0 Å². The van der Waals surface area contributed by atoms with Gasteiger partial charge in [0.1, 0.15) is 11.2 Å². The molecule has 0 aromatic carbocycles. The first-order valence-electron chi connectivity index (χ1n) is 10.5. The number of ether oxygens (including phenoxy) is 1. The summed E-state index contributed by atoms with van der Waals surface area (Å²) in [5.74, 6) is 0. The van der Waals surface area contributed by atoms with Gasteiger partial charge in [-0.05, 0) is 45.7 Å². The van der Waals surface area contributed by atoms with Crippen molar-refractivity contribution in [1.29, 1.82) is 0 Å². The molecule has 2 fully saturated rings. The van der Waals surface area contributed by atoms with E-state index in [9.17, 15) is 9.59 Å². The second kappa shape index (κ2) is 7.44. The van der Waals surface area contributed by atoms with Crippen molar-refractivity contribution in [3.05, 3.63) is 46.5 Å². The summed E-state index contributed by atoms with van der Waals surface area (Å²) in [7, 11) is 0. The lowest BCUT2D eigenvalue weighted by molar-refractivity contribution is -0.0279. The van der Waals surface area contributed by atoms with Crippen LogP contribution in [0.5, 0.6) is 0 Å². The normalized spacial score (nSPS) is 19.8. The molecule has 1 spiro atoms. The highest BCUT2D eigenvalue weighted by Gasteiger charge is 2.45. The fraction of sp³-hybridized carbons (Fsp3) is 0.591. The number of carbonyl (C=O) groups is 1. The molecular weight excluding hydrogens is 368 g/mol. The minimum Gasteiger partial charge on any atom is -0.444 e. The predicted molar refractivity (Wildman–Crippen MR) is 111 cm³/mol. The first-order chi connectivity index (χ1) is 13.8. The highest BCUT2D eigenvalue weighted by atomic mass is 16.6. The van der Waals surface area contributed by atoms with Gasteiger partial charge in [0.25, 0.3) is 5.56 Å². The van der Waals surface area contributed by atoms with Gasteiger partial charge in [-0.15, -0.1) is 0 Å². The summed E-state index contributed by atoms with van der Waals surface area (Å²) in [5.41, 5.74) is 0.760. The fourth-order valence-corrected chi connectivity index (χ4v) is 4.63. The first-order valence-corrected chi connectivity index (χ1v) is 10.5. The lowest BCUT2D eigenvalue weighted by Gasteiger charge is -2.49.